The van der Waals surface area contributed by atoms with E-state index in [1.807, 2.05) is 38.1 Å². The monoisotopic (exact) mass is 960 g/mol. The Hall–Kier alpha value is -2.06. The van der Waals surface area contributed by atoms with E-state index in [1.165, 1.54) is 93.2 Å². The van der Waals surface area contributed by atoms with Gasteiger partial charge in [0.2, 0.25) is 5.91 Å². The van der Waals surface area contributed by atoms with Crippen LogP contribution in [0.2, 0.25) is 0 Å². The van der Waals surface area contributed by atoms with Crippen molar-refractivity contribution in [2.75, 3.05) is 14.2 Å². The zero-order valence-electron chi connectivity index (χ0n) is 40.2. The van der Waals surface area contributed by atoms with Crippen LogP contribution in [0.5, 0.6) is 0 Å². The molecule has 0 saturated heterocycles. The largest absolute Gasteiger partial charge is 0.390 e. The van der Waals surface area contributed by atoms with Crippen LogP contribution in [0.3, 0.4) is 0 Å². The Morgan fingerprint density at radius 2 is 0.985 bits per heavy atom. The molecule has 364 valence electrons. The minimum Gasteiger partial charge on any atom is -0.390 e. The topological polar surface area (TPSA) is 87.1 Å². The number of aryl methyl sites for hydroxylation is 2. The zero-order chi connectivity index (χ0) is 45.1. The molecule has 8 aliphatic rings. The molecule has 8 fully saturated rings. The number of carbonyl (C=O) groups is 2. The van der Waals surface area contributed by atoms with E-state index in [0.29, 0.717) is 11.7 Å². The zero-order valence-corrected chi connectivity index (χ0v) is 41.8. The summed E-state index contributed by atoms with van der Waals surface area (Å²) in [5, 5.41) is 22.6. The lowest BCUT2D eigenvalue weighted by Gasteiger charge is -2.56. The second-order valence-electron chi connectivity index (χ2n) is 23.7. The van der Waals surface area contributed by atoms with Gasteiger partial charge in [-0.15, -0.1) is 0 Å². The maximum atomic E-state index is 13.5. The van der Waals surface area contributed by atoms with Gasteiger partial charge in [-0.1, -0.05) is 92.2 Å². The smallest absolute Gasteiger partial charge is 0.249 e. The third-order valence-electron chi connectivity index (χ3n) is 20.0. The molecule has 8 aliphatic carbocycles. The van der Waals surface area contributed by atoms with Crippen LogP contribution < -0.4 is 0 Å². The Kier molecular flexibility index (Phi) is 16.5. The van der Waals surface area contributed by atoms with E-state index in [1.54, 1.807) is 14.2 Å². The minimum atomic E-state index is -0.438. The van der Waals surface area contributed by atoms with E-state index in [-0.39, 0.29) is 43.4 Å². The molecule has 7 heteroatoms. The number of carbonyl (C=O) groups excluding carboxylic acids is 2. The molecule has 0 radical (unpaired) electrons. The third kappa shape index (κ3) is 10.4. The molecule has 0 spiro atoms. The number of ketones is 1. The van der Waals surface area contributed by atoms with Crippen molar-refractivity contribution in [2.45, 2.75) is 183 Å². The van der Waals surface area contributed by atoms with Crippen LogP contribution in [0.15, 0.2) is 53.0 Å². The fraction of sp³-hybridized carbons (Fsp3) is 0.759. The summed E-state index contributed by atoms with van der Waals surface area (Å²) in [5.74, 6) is 8.72. The lowest BCUT2D eigenvalue weighted by Crippen LogP contribution is -2.51. The summed E-state index contributed by atoms with van der Waals surface area (Å²) in [4.78, 5) is 31.5. The van der Waals surface area contributed by atoms with Crippen molar-refractivity contribution in [1.82, 2.24) is 5.06 Å². The van der Waals surface area contributed by atoms with Crippen LogP contribution in [0, 0.1) is 95.7 Å². The third-order valence-corrected chi connectivity index (χ3v) is 20.5. The average Bonchev–Trinajstić information content (AvgIpc) is 3.80. The van der Waals surface area contributed by atoms with Gasteiger partial charge >= 0.3 is 0 Å². The number of hydrogen-bond acceptors (Lipinski definition) is 5. The van der Waals surface area contributed by atoms with Crippen LogP contribution in [0.25, 0.3) is 0 Å². The van der Waals surface area contributed by atoms with Crippen molar-refractivity contribution in [3.63, 3.8) is 0 Å². The summed E-state index contributed by atoms with van der Waals surface area (Å²) in [6.45, 7) is 13.1. The lowest BCUT2D eigenvalue weighted by atomic mass is 9.49. The predicted molar refractivity (Wildman–Crippen MR) is 270 cm³/mol. The van der Waals surface area contributed by atoms with Gasteiger partial charge in [0, 0.05) is 28.9 Å². The molecule has 10 rings (SSSR count). The number of halogens is 1. The molecule has 0 aromatic heterocycles. The summed E-state index contributed by atoms with van der Waals surface area (Å²) in [7, 11) is 3.34. The number of hydroxylamine groups is 2. The lowest BCUT2D eigenvalue weighted by molar-refractivity contribution is -0.180. The number of fused-ring (bicyclic) bond motifs is 10. The SMILES string of the molecule is C.C.CON(C)C(=O)[C@H]1CC[C@H]2[C@@H]3CC[C@@H]4C[C@](C)(O)CC[C@@H]4[C@H]3CC[C@]12C.Cc1ccc(Br)cc1.Cc1ccc(C(=O)[C@H]2CC[C@H]3[C@@H]4CC[C@@H]5C[C@](C)(O)CC[C@@H]5[C@H]4CC[C@]23C)cc1. The first kappa shape index (κ1) is 52.3. The van der Waals surface area contributed by atoms with Gasteiger partial charge in [0.25, 0.3) is 0 Å². The molecule has 0 unspecified atom stereocenters. The first-order valence-electron chi connectivity index (χ1n) is 25.4. The van der Waals surface area contributed by atoms with E-state index in [0.717, 1.165) is 102 Å². The molecule has 0 bridgehead atoms. The van der Waals surface area contributed by atoms with Crippen LogP contribution in [-0.2, 0) is 9.63 Å². The molecule has 1 amide bonds. The molecule has 16 atom stereocenters. The quantitative estimate of drug-likeness (QED) is 0.235. The van der Waals surface area contributed by atoms with E-state index >= 15 is 0 Å². The Labute approximate surface area is 404 Å². The molecular weight excluding hydrogens is 871 g/mol. The second-order valence-corrected chi connectivity index (χ2v) is 24.7. The van der Waals surface area contributed by atoms with Crippen molar-refractivity contribution in [1.29, 1.82) is 0 Å². The van der Waals surface area contributed by atoms with E-state index in [9.17, 15) is 19.8 Å². The summed E-state index contributed by atoms with van der Waals surface area (Å²) in [6, 6.07) is 16.5. The highest BCUT2D eigenvalue weighted by atomic mass is 79.9. The Bertz CT molecular complexity index is 1890. The molecule has 0 heterocycles. The summed E-state index contributed by atoms with van der Waals surface area (Å²) in [5.41, 5.74) is 2.91. The highest BCUT2D eigenvalue weighted by molar-refractivity contribution is 9.10. The van der Waals surface area contributed by atoms with Crippen LogP contribution in [0.4, 0.5) is 0 Å². The minimum absolute atomic E-state index is 0. The van der Waals surface area contributed by atoms with Gasteiger partial charge in [0.05, 0.1) is 18.3 Å². The summed E-state index contributed by atoms with van der Waals surface area (Å²) in [6.07, 6.45) is 21.2. The standard InChI is InChI=1S/C27H38O2.C22H37NO3.C7H7Br.2CH4/c1-17-4-6-18(7-5-17)25(28)24-11-10-23-22-9-8-19-16-26(2,29)14-12-20(19)21(22)13-15-27(23,24)3;1-21(25)11-9-15-14(13-21)5-6-17-16(15)10-12-22(2)18(17)7-8-19(22)20(24)23(3)26-4;1-6-2-4-7(8)5-3-6;;/h4-7,19-24,29H,8-16H2,1-3H3;14-19,25H,5-13H2,1-4H3;2-5H,1H3;2*1H4/t19-,20+,21-,22-,23+,24-,26-,27+;14-,15+,16-,17-,18+,19-,21-,22+;;;/m11.../s1. The Morgan fingerprint density at radius 3 is 1.43 bits per heavy atom. The van der Waals surface area contributed by atoms with Gasteiger partial charge in [-0.25, -0.2) is 5.06 Å². The fourth-order valence-corrected chi connectivity index (χ4v) is 17.0. The van der Waals surface area contributed by atoms with Gasteiger partial charge < -0.3 is 10.2 Å². The highest BCUT2D eigenvalue weighted by Gasteiger charge is 2.61. The molecular formula is C58H90BrNO5. The van der Waals surface area contributed by atoms with Crippen molar-refractivity contribution < 1.29 is 24.6 Å². The van der Waals surface area contributed by atoms with E-state index in [2.05, 4.69) is 67.9 Å². The van der Waals surface area contributed by atoms with Gasteiger partial charge in [-0.2, -0.15) is 0 Å². The van der Waals surface area contributed by atoms with Gasteiger partial charge in [0.1, 0.15) is 0 Å². The van der Waals surface area contributed by atoms with E-state index < -0.39 is 11.2 Å². The molecule has 65 heavy (non-hydrogen) atoms. The molecule has 2 aromatic carbocycles. The highest BCUT2D eigenvalue weighted by Crippen LogP contribution is 2.66. The number of rotatable bonds is 4. The Balaban J connectivity index is 0.000000180. The van der Waals surface area contributed by atoms with Crippen LogP contribution >= 0.6 is 15.9 Å². The van der Waals surface area contributed by atoms with Crippen molar-refractivity contribution in [3.8, 4) is 0 Å². The van der Waals surface area contributed by atoms with Gasteiger partial charge in [-0.05, 0) is 225 Å². The number of benzene rings is 2. The fourth-order valence-electron chi connectivity index (χ4n) is 16.8. The second kappa shape index (κ2) is 20.5. The average molecular weight is 961 g/mol. The number of nitrogens with zero attached hydrogens (tertiary/aromatic N) is 1. The predicted octanol–water partition coefficient (Wildman–Crippen LogP) is 14.3. The van der Waals surface area contributed by atoms with Gasteiger partial charge in [0.15, 0.2) is 5.78 Å². The molecule has 0 aliphatic heterocycles. The maximum Gasteiger partial charge on any atom is 0.249 e. The number of Topliss-reactive ketones (excluding diaryl/α,β-unsaturated/α-hetero) is 1. The Morgan fingerprint density at radius 1 is 0.569 bits per heavy atom. The molecule has 8 saturated carbocycles. The number of hydrogen-bond donors (Lipinski definition) is 2. The normalized spacial score (nSPS) is 42.1. The maximum absolute atomic E-state index is 13.5. The number of amides is 1. The van der Waals surface area contributed by atoms with Crippen LogP contribution in [-0.4, -0.2) is 52.3 Å². The van der Waals surface area contributed by atoms with Crippen LogP contribution in [0.1, 0.15) is 180 Å². The summed E-state index contributed by atoms with van der Waals surface area (Å²) >= 11 is 3.35. The molecule has 6 nitrogen and oxygen atoms in total. The molecule has 2 N–H and O–H groups in total. The first-order valence-corrected chi connectivity index (χ1v) is 26.2. The summed E-state index contributed by atoms with van der Waals surface area (Å²) < 4.78 is 1.14. The molecule has 2 aromatic rings. The van der Waals surface area contributed by atoms with Crippen molar-refractivity contribution in [2.24, 2.45) is 81.8 Å². The van der Waals surface area contributed by atoms with Crippen molar-refractivity contribution >= 4 is 27.6 Å². The number of aliphatic hydroxyl groups is 2. The van der Waals surface area contributed by atoms with Gasteiger partial charge in [-0.3, -0.25) is 14.4 Å². The van der Waals surface area contributed by atoms with E-state index in [4.69, 9.17) is 4.84 Å². The first-order chi connectivity index (χ1) is 29.8. The van der Waals surface area contributed by atoms with Crippen molar-refractivity contribution in [3.05, 3.63) is 69.7 Å².